The predicted octanol–water partition coefficient (Wildman–Crippen LogP) is 0.861. The zero-order valence-corrected chi connectivity index (χ0v) is 9.70. The van der Waals surface area contributed by atoms with Crippen LogP contribution in [0.3, 0.4) is 0 Å². The summed E-state index contributed by atoms with van der Waals surface area (Å²) in [7, 11) is 0. The number of hydrogen-bond donors (Lipinski definition) is 1. The van der Waals surface area contributed by atoms with Crippen molar-refractivity contribution >= 4 is 22.6 Å². The molecule has 0 spiro atoms. The topological polar surface area (TPSA) is 90.6 Å². The first-order chi connectivity index (χ1) is 8.16. The number of amidine groups is 1. The molecular weight excluding hydrogens is 242 g/mol. The zero-order valence-electron chi connectivity index (χ0n) is 8.88. The molecule has 17 heavy (non-hydrogen) atoms. The highest BCUT2D eigenvalue weighted by Gasteiger charge is 2.10. The molecule has 1 aliphatic rings. The van der Waals surface area contributed by atoms with Gasteiger partial charge >= 0.3 is 0 Å². The van der Waals surface area contributed by atoms with Crippen LogP contribution in [-0.4, -0.2) is 23.2 Å². The summed E-state index contributed by atoms with van der Waals surface area (Å²) in [5.41, 5.74) is 0.377. The quantitative estimate of drug-likeness (QED) is 0.636. The van der Waals surface area contributed by atoms with Crippen molar-refractivity contribution in [3.05, 3.63) is 33.9 Å². The van der Waals surface area contributed by atoms with Crippen LogP contribution in [0, 0.1) is 10.1 Å². The van der Waals surface area contributed by atoms with Gasteiger partial charge in [0, 0.05) is 18.4 Å². The van der Waals surface area contributed by atoms with Crippen LogP contribution >= 0.6 is 11.8 Å². The summed E-state index contributed by atoms with van der Waals surface area (Å²) in [6, 6.07) is 4.17. The molecule has 2 rings (SSSR count). The minimum absolute atomic E-state index is 0.371. The second-order valence-electron chi connectivity index (χ2n) is 3.46. The van der Waals surface area contributed by atoms with Gasteiger partial charge in [-0.25, -0.2) is 0 Å². The Morgan fingerprint density at radius 2 is 2.35 bits per heavy atom. The van der Waals surface area contributed by atoms with E-state index in [0.717, 1.165) is 23.8 Å². The molecule has 0 aromatic heterocycles. The monoisotopic (exact) mass is 252 g/mol. The smallest absolute Gasteiger partial charge is 0.262 e. The van der Waals surface area contributed by atoms with Crippen LogP contribution in [0.5, 0.6) is 5.75 Å². The van der Waals surface area contributed by atoms with Crippen LogP contribution in [0.4, 0.5) is 5.69 Å². The summed E-state index contributed by atoms with van der Waals surface area (Å²) in [6.07, 6.45) is 0. The SMILES string of the molecule is O=[N+]([O-])c1cc(CSC2=NCCN2)ccc1[O-]. The molecule has 90 valence electrons. The number of nitro groups is 1. The Kier molecular flexibility index (Phi) is 3.48. The molecule has 1 aromatic rings. The summed E-state index contributed by atoms with van der Waals surface area (Å²) in [5.74, 6) is 0.00697. The number of nitrogens with zero attached hydrogens (tertiary/aromatic N) is 2. The molecule has 0 atom stereocenters. The highest BCUT2D eigenvalue weighted by Crippen LogP contribution is 2.26. The molecule has 0 amide bonds. The Labute approximate surface area is 102 Å². The maximum Gasteiger partial charge on any atom is 0.262 e. The van der Waals surface area contributed by atoms with Crippen LogP contribution in [0.1, 0.15) is 5.56 Å². The molecule has 0 unspecified atom stereocenters. The van der Waals surface area contributed by atoms with E-state index in [1.54, 1.807) is 6.07 Å². The van der Waals surface area contributed by atoms with Gasteiger partial charge in [-0.15, -0.1) is 0 Å². The lowest BCUT2D eigenvalue weighted by atomic mass is 10.2. The van der Waals surface area contributed by atoms with E-state index < -0.39 is 10.7 Å². The summed E-state index contributed by atoms with van der Waals surface area (Å²) in [6.45, 7) is 1.60. The zero-order chi connectivity index (χ0) is 12.3. The van der Waals surface area contributed by atoms with Gasteiger partial charge in [0.15, 0.2) is 5.17 Å². The van der Waals surface area contributed by atoms with Crippen LogP contribution < -0.4 is 10.4 Å². The third-order valence-corrected chi connectivity index (χ3v) is 3.26. The molecule has 0 saturated carbocycles. The van der Waals surface area contributed by atoms with E-state index in [1.807, 2.05) is 0 Å². The molecule has 0 bridgehead atoms. The van der Waals surface area contributed by atoms with E-state index in [0.29, 0.717) is 5.75 Å². The van der Waals surface area contributed by atoms with Gasteiger partial charge in [-0.05, 0) is 11.3 Å². The van der Waals surface area contributed by atoms with Crippen molar-refractivity contribution in [2.24, 2.45) is 4.99 Å². The molecule has 0 radical (unpaired) electrons. The van der Waals surface area contributed by atoms with Gasteiger partial charge in [0.05, 0.1) is 11.5 Å². The van der Waals surface area contributed by atoms with E-state index >= 15 is 0 Å². The van der Waals surface area contributed by atoms with Crippen molar-refractivity contribution < 1.29 is 10.0 Å². The van der Waals surface area contributed by atoms with E-state index in [4.69, 9.17) is 0 Å². The number of rotatable bonds is 3. The van der Waals surface area contributed by atoms with Crippen molar-refractivity contribution in [1.29, 1.82) is 0 Å². The number of benzene rings is 1. The molecular formula is C10H10N3O3S-. The largest absolute Gasteiger partial charge is 0.868 e. The van der Waals surface area contributed by atoms with E-state index in [9.17, 15) is 15.2 Å². The van der Waals surface area contributed by atoms with Crippen LogP contribution in [0.25, 0.3) is 0 Å². The van der Waals surface area contributed by atoms with Gasteiger partial charge in [0.25, 0.3) is 5.69 Å². The predicted molar refractivity (Wildman–Crippen MR) is 64.1 cm³/mol. The highest BCUT2D eigenvalue weighted by molar-refractivity contribution is 8.13. The first kappa shape index (κ1) is 11.7. The summed E-state index contributed by atoms with van der Waals surface area (Å²) in [4.78, 5) is 14.1. The van der Waals surface area contributed by atoms with Crippen LogP contribution in [-0.2, 0) is 5.75 Å². The number of nitro benzene ring substituents is 1. The Morgan fingerprint density at radius 3 is 3.00 bits per heavy atom. The molecule has 0 aliphatic carbocycles. The van der Waals surface area contributed by atoms with Crippen molar-refractivity contribution in [2.75, 3.05) is 13.1 Å². The fourth-order valence-electron chi connectivity index (χ4n) is 1.42. The molecule has 0 saturated heterocycles. The number of aliphatic imine (C=N–C) groups is 1. The fourth-order valence-corrected chi connectivity index (χ4v) is 2.29. The molecule has 7 heteroatoms. The summed E-state index contributed by atoms with van der Waals surface area (Å²) < 4.78 is 0. The average Bonchev–Trinajstić information content (AvgIpc) is 2.80. The highest BCUT2D eigenvalue weighted by atomic mass is 32.2. The molecule has 0 fully saturated rings. The second kappa shape index (κ2) is 5.05. The number of nitrogens with one attached hydrogen (secondary N) is 1. The first-order valence-corrected chi connectivity index (χ1v) is 6.01. The third-order valence-electron chi connectivity index (χ3n) is 2.24. The third kappa shape index (κ3) is 2.88. The Hall–Kier alpha value is -1.76. The van der Waals surface area contributed by atoms with Gasteiger partial charge in [-0.1, -0.05) is 23.9 Å². The van der Waals surface area contributed by atoms with Gasteiger partial charge in [0.1, 0.15) is 0 Å². The van der Waals surface area contributed by atoms with Crippen LogP contribution in [0.2, 0.25) is 0 Å². The maximum atomic E-state index is 11.2. The Morgan fingerprint density at radius 1 is 1.53 bits per heavy atom. The molecule has 1 heterocycles. The number of hydrogen-bond acceptors (Lipinski definition) is 6. The van der Waals surface area contributed by atoms with Gasteiger partial charge in [-0.2, -0.15) is 0 Å². The minimum Gasteiger partial charge on any atom is -0.868 e. The second-order valence-corrected chi connectivity index (χ2v) is 4.43. The molecule has 1 aliphatic heterocycles. The maximum absolute atomic E-state index is 11.2. The van der Waals surface area contributed by atoms with E-state index in [1.165, 1.54) is 23.9 Å². The number of thioether (sulfide) groups is 1. The van der Waals surface area contributed by atoms with E-state index in [2.05, 4.69) is 10.3 Å². The van der Waals surface area contributed by atoms with Gasteiger partial charge < -0.3 is 10.4 Å². The fraction of sp³-hybridized carbons (Fsp3) is 0.300. The van der Waals surface area contributed by atoms with Crippen LogP contribution in [0.15, 0.2) is 23.2 Å². The standard InChI is InChI=1S/C10H11N3O3S/c14-9-2-1-7(5-8(9)13(15)16)6-17-10-11-3-4-12-10/h1-2,5,14H,3-4,6H2,(H,11,12)/p-1. The summed E-state index contributed by atoms with van der Waals surface area (Å²) >= 11 is 1.48. The Bertz CT molecular complexity index is 476. The van der Waals surface area contributed by atoms with Gasteiger partial charge in [-0.3, -0.25) is 15.1 Å². The van der Waals surface area contributed by atoms with Gasteiger partial charge in [0.2, 0.25) is 0 Å². The van der Waals surface area contributed by atoms with Crippen molar-refractivity contribution in [1.82, 2.24) is 5.32 Å². The lowest BCUT2D eigenvalue weighted by molar-refractivity contribution is -0.398. The molecule has 6 nitrogen and oxygen atoms in total. The average molecular weight is 252 g/mol. The van der Waals surface area contributed by atoms with E-state index in [-0.39, 0.29) is 5.69 Å². The van der Waals surface area contributed by atoms with Crippen molar-refractivity contribution in [3.63, 3.8) is 0 Å². The first-order valence-electron chi connectivity index (χ1n) is 5.02. The Balaban J connectivity index is 2.05. The molecule has 1 aromatic carbocycles. The van der Waals surface area contributed by atoms with Crippen molar-refractivity contribution in [2.45, 2.75) is 5.75 Å². The molecule has 1 N–H and O–H groups in total. The minimum atomic E-state index is -0.651. The summed E-state index contributed by atoms with van der Waals surface area (Å²) in [5, 5.41) is 25.7. The van der Waals surface area contributed by atoms with Crippen molar-refractivity contribution in [3.8, 4) is 5.75 Å². The lowest BCUT2D eigenvalue weighted by Gasteiger charge is -2.08. The lowest BCUT2D eigenvalue weighted by Crippen LogP contribution is -2.15. The normalized spacial score (nSPS) is 14.2.